The Morgan fingerprint density at radius 2 is 2.11 bits per heavy atom. The minimum absolute atomic E-state index is 0.469. The van der Waals surface area contributed by atoms with E-state index >= 15 is 0 Å². The highest BCUT2D eigenvalue weighted by molar-refractivity contribution is 7.80. The molecule has 2 heterocycles. The Balaban J connectivity index is 2.15. The van der Waals surface area contributed by atoms with Crippen molar-refractivity contribution in [2.45, 2.75) is 26.1 Å². The third-order valence-corrected chi connectivity index (χ3v) is 3.14. The van der Waals surface area contributed by atoms with Crippen LogP contribution in [0.3, 0.4) is 0 Å². The first kappa shape index (κ1) is 13.3. The van der Waals surface area contributed by atoms with Gasteiger partial charge in [0.15, 0.2) is 0 Å². The first-order valence-corrected chi connectivity index (χ1v) is 6.96. The van der Waals surface area contributed by atoms with Crippen molar-refractivity contribution in [3.63, 3.8) is 0 Å². The normalized spacial score (nSPS) is 25.2. The number of hydrogen-bond acceptors (Lipinski definition) is 7. The van der Waals surface area contributed by atoms with Crippen LogP contribution in [0.15, 0.2) is 16.8 Å². The van der Waals surface area contributed by atoms with Gasteiger partial charge < -0.3 is 4.90 Å². The van der Waals surface area contributed by atoms with Crippen LogP contribution in [0.2, 0.25) is 0 Å². The number of hydroxylamine groups is 2. The summed E-state index contributed by atoms with van der Waals surface area (Å²) < 4.78 is 34.4. The molecule has 0 radical (unpaired) electrons. The van der Waals surface area contributed by atoms with Gasteiger partial charge in [0, 0.05) is 24.9 Å². The van der Waals surface area contributed by atoms with Crippen LogP contribution in [0.4, 0.5) is 0 Å². The molecule has 2 aliphatic rings. The van der Waals surface area contributed by atoms with Gasteiger partial charge in [-0.1, -0.05) is 0 Å². The highest BCUT2D eigenvalue weighted by Crippen LogP contribution is 2.19. The minimum atomic E-state index is -4.60. The van der Waals surface area contributed by atoms with Gasteiger partial charge in [0.1, 0.15) is 5.84 Å². The summed E-state index contributed by atoms with van der Waals surface area (Å²) >= 11 is 0. The highest BCUT2D eigenvalue weighted by Gasteiger charge is 2.27. The topological polar surface area (TPSA) is 108 Å². The van der Waals surface area contributed by atoms with Crippen molar-refractivity contribution in [2.75, 3.05) is 13.1 Å². The summed E-state index contributed by atoms with van der Waals surface area (Å²) in [7, 11) is -4.60. The van der Waals surface area contributed by atoms with Gasteiger partial charge in [-0.2, -0.15) is 8.42 Å². The first-order valence-electron chi connectivity index (χ1n) is 5.60. The van der Waals surface area contributed by atoms with Gasteiger partial charge in [-0.05, 0) is 19.8 Å². The van der Waals surface area contributed by atoms with E-state index in [0.29, 0.717) is 11.5 Å². The van der Waals surface area contributed by atoms with Crippen molar-refractivity contribution in [3.8, 4) is 0 Å². The van der Waals surface area contributed by atoms with Crippen LogP contribution in [0.25, 0.3) is 0 Å². The molecule has 102 valence electrons. The second kappa shape index (κ2) is 4.84. The predicted octanol–water partition coefficient (Wildman–Crippen LogP) is -0.323. The van der Waals surface area contributed by atoms with Crippen LogP contribution >= 0.6 is 0 Å². The fourth-order valence-corrected chi connectivity index (χ4v) is 2.42. The van der Waals surface area contributed by atoms with Gasteiger partial charge >= 0.3 is 10.4 Å². The Bertz CT molecular complexity index is 481. The second-order valence-electron chi connectivity index (χ2n) is 4.21. The van der Waals surface area contributed by atoms with Crippen LogP contribution in [-0.2, 0) is 14.7 Å². The number of hydrogen-bond donors (Lipinski definition) is 2. The molecule has 2 rings (SSSR count). The van der Waals surface area contributed by atoms with E-state index in [-0.39, 0.29) is 0 Å². The van der Waals surface area contributed by atoms with E-state index in [1.165, 1.54) is 0 Å². The molecule has 9 heteroatoms. The van der Waals surface area contributed by atoms with Crippen molar-refractivity contribution in [3.05, 3.63) is 11.8 Å². The number of amidine groups is 1. The van der Waals surface area contributed by atoms with Crippen LogP contribution in [0.5, 0.6) is 0 Å². The average Bonchev–Trinajstić information content (AvgIpc) is 2.75. The lowest BCUT2D eigenvalue weighted by Gasteiger charge is -2.31. The summed E-state index contributed by atoms with van der Waals surface area (Å²) in [5, 5.41) is 0.856. The molecule has 0 amide bonds. The lowest BCUT2D eigenvalue weighted by Crippen LogP contribution is -2.45. The third kappa shape index (κ3) is 2.99. The predicted molar refractivity (Wildman–Crippen MR) is 64.4 cm³/mol. The van der Waals surface area contributed by atoms with Crippen LogP contribution < -0.4 is 5.73 Å². The Labute approximate surface area is 106 Å². The molecule has 2 aliphatic heterocycles. The molecular formula is C9H16N4O4S. The van der Waals surface area contributed by atoms with Gasteiger partial charge in [0.25, 0.3) is 0 Å². The summed E-state index contributed by atoms with van der Waals surface area (Å²) in [4.78, 5) is 6.23. The SMILES string of the molecule is CC1=CC(N2CCCC2)=NC(N)N1OS(=O)(=O)O. The Hall–Kier alpha value is -1.16. The first-order chi connectivity index (χ1) is 8.37. The maximum atomic E-state index is 10.7. The summed E-state index contributed by atoms with van der Waals surface area (Å²) in [6.07, 6.45) is 2.89. The number of allylic oxidation sites excluding steroid dienone is 1. The number of rotatable bonds is 2. The number of aliphatic imine (C=N–C) groups is 1. The Kier molecular flexibility index (Phi) is 3.57. The lowest BCUT2D eigenvalue weighted by atomic mass is 10.3. The zero-order valence-corrected chi connectivity index (χ0v) is 10.8. The van der Waals surface area contributed by atoms with Gasteiger partial charge in [-0.3, -0.25) is 10.3 Å². The smallest absolute Gasteiger partial charge is 0.357 e. The molecule has 1 fully saturated rings. The maximum absolute atomic E-state index is 10.7. The van der Waals surface area contributed by atoms with Gasteiger partial charge in [0.05, 0.1) is 0 Å². The molecule has 1 saturated heterocycles. The van der Waals surface area contributed by atoms with Gasteiger partial charge in [0.2, 0.25) is 6.29 Å². The molecule has 0 aliphatic carbocycles. The molecule has 1 atom stereocenters. The van der Waals surface area contributed by atoms with E-state index in [1.54, 1.807) is 13.0 Å². The molecule has 0 saturated carbocycles. The second-order valence-corrected chi connectivity index (χ2v) is 5.21. The van der Waals surface area contributed by atoms with E-state index < -0.39 is 16.7 Å². The minimum Gasteiger partial charge on any atom is -0.357 e. The average molecular weight is 276 g/mol. The molecule has 0 aromatic rings. The molecule has 8 nitrogen and oxygen atoms in total. The Morgan fingerprint density at radius 1 is 1.50 bits per heavy atom. The lowest BCUT2D eigenvalue weighted by molar-refractivity contribution is -0.0613. The number of nitrogens with zero attached hydrogens (tertiary/aromatic N) is 3. The largest absolute Gasteiger partial charge is 0.418 e. The molecule has 0 aromatic heterocycles. The van der Waals surface area contributed by atoms with Crippen LogP contribution in [-0.4, -0.2) is 48.1 Å². The van der Waals surface area contributed by atoms with Gasteiger partial charge in [-0.15, -0.1) is 4.28 Å². The summed E-state index contributed by atoms with van der Waals surface area (Å²) in [6.45, 7) is 3.46. The summed E-state index contributed by atoms with van der Waals surface area (Å²) in [6, 6.07) is 0. The van der Waals surface area contributed by atoms with Crippen molar-refractivity contribution >= 4 is 16.2 Å². The van der Waals surface area contributed by atoms with Crippen molar-refractivity contribution in [1.82, 2.24) is 9.96 Å². The van der Waals surface area contributed by atoms with Crippen LogP contribution in [0.1, 0.15) is 19.8 Å². The van der Waals surface area contributed by atoms with Crippen molar-refractivity contribution in [1.29, 1.82) is 0 Å². The maximum Gasteiger partial charge on any atom is 0.418 e. The van der Waals surface area contributed by atoms with E-state index in [0.717, 1.165) is 31.0 Å². The third-order valence-electron chi connectivity index (χ3n) is 2.79. The quantitative estimate of drug-likeness (QED) is 0.665. The highest BCUT2D eigenvalue weighted by atomic mass is 32.3. The molecule has 18 heavy (non-hydrogen) atoms. The monoisotopic (exact) mass is 276 g/mol. The standard InChI is InChI=1S/C9H16N4O4S/c1-7-6-8(12-4-2-3-5-12)11-9(10)13(7)17-18(14,15)16/h6,9H,2-5,10H2,1H3,(H,14,15,16). The molecule has 3 N–H and O–H groups in total. The molecular weight excluding hydrogens is 260 g/mol. The van der Waals surface area contributed by atoms with E-state index in [1.807, 2.05) is 0 Å². The summed E-state index contributed by atoms with van der Waals surface area (Å²) in [5.74, 6) is 0.715. The summed E-state index contributed by atoms with van der Waals surface area (Å²) in [5.41, 5.74) is 6.17. The zero-order chi connectivity index (χ0) is 13.3. The van der Waals surface area contributed by atoms with E-state index in [9.17, 15) is 8.42 Å². The molecule has 0 spiro atoms. The molecule has 1 unspecified atom stereocenters. The van der Waals surface area contributed by atoms with Crippen molar-refractivity contribution < 1.29 is 17.3 Å². The van der Waals surface area contributed by atoms with Crippen molar-refractivity contribution in [2.24, 2.45) is 10.7 Å². The van der Waals surface area contributed by atoms with Crippen LogP contribution in [0, 0.1) is 0 Å². The molecule has 0 bridgehead atoms. The number of likely N-dealkylation sites (tertiary alicyclic amines) is 1. The van der Waals surface area contributed by atoms with E-state index in [4.69, 9.17) is 10.3 Å². The van der Waals surface area contributed by atoms with E-state index in [2.05, 4.69) is 14.2 Å². The Morgan fingerprint density at radius 3 is 2.61 bits per heavy atom. The zero-order valence-electron chi connectivity index (χ0n) is 9.98. The fourth-order valence-electron chi connectivity index (χ4n) is 2.01. The number of nitrogens with two attached hydrogens (primary N) is 1. The fraction of sp³-hybridized carbons (Fsp3) is 0.667. The van der Waals surface area contributed by atoms with Gasteiger partial charge in [-0.25, -0.2) is 10.1 Å². The molecule has 0 aromatic carbocycles.